The van der Waals surface area contributed by atoms with E-state index in [0.29, 0.717) is 12.2 Å². The molecule has 0 aliphatic carbocycles. The van der Waals surface area contributed by atoms with E-state index in [1.807, 2.05) is 20.8 Å². The molecule has 1 unspecified atom stereocenters. The van der Waals surface area contributed by atoms with E-state index >= 15 is 0 Å². The molecule has 0 bridgehead atoms. The standard InChI is InChI=1S/C14H23N3O3/c1-6-14(4,5)16-12(18)10(3)17-9-11(8-15-17)13(19)20-7-2/h8-10H,6-7H2,1-5H3,(H,16,18). The van der Waals surface area contributed by atoms with Crippen LogP contribution in [0.25, 0.3) is 0 Å². The Kier molecular flexibility index (Phi) is 5.30. The van der Waals surface area contributed by atoms with Gasteiger partial charge in [-0.05, 0) is 34.1 Å². The maximum absolute atomic E-state index is 12.1. The average Bonchev–Trinajstić information content (AvgIpc) is 2.87. The topological polar surface area (TPSA) is 73.2 Å². The Balaban J connectivity index is 2.75. The highest BCUT2D eigenvalue weighted by Gasteiger charge is 2.23. The normalized spacial score (nSPS) is 12.8. The fourth-order valence-electron chi connectivity index (χ4n) is 1.52. The molecule has 0 aliphatic heterocycles. The Bertz CT molecular complexity index is 480. The minimum Gasteiger partial charge on any atom is -0.462 e. The van der Waals surface area contributed by atoms with Crippen LogP contribution in [0.3, 0.4) is 0 Å². The van der Waals surface area contributed by atoms with Crippen LogP contribution in [-0.2, 0) is 9.53 Å². The Morgan fingerprint density at radius 2 is 2.10 bits per heavy atom. The zero-order valence-corrected chi connectivity index (χ0v) is 12.8. The van der Waals surface area contributed by atoms with E-state index in [0.717, 1.165) is 6.42 Å². The molecule has 0 saturated carbocycles. The molecule has 1 amide bonds. The largest absolute Gasteiger partial charge is 0.462 e. The van der Waals surface area contributed by atoms with Crippen LogP contribution in [-0.4, -0.2) is 33.8 Å². The molecule has 0 aromatic carbocycles. The Hall–Kier alpha value is -1.85. The molecule has 6 nitrogen and oxygen atoms in total. The first-order valence-corrected chi connectivity index (χ1v) is 6.84. The van der Waals surface area contributed by atoms with Crippen molar-refractivity contribution in [1.29, 1.82) is 0 Å². The van der Waals surface area contributed by atoms with E-state index in [1.165, 1.54) is 17.1 Å². The van der Waals surface area contributed by atoms with Crippen LogP contribution >= 0.6 is 0 Å². The lowest BCUT2D eigenvalue weighted by Crippen LogP contribution is -2.45. The van der Waals surface area contributed by atoms with Gasteiger partial charge in [0.15, 0.2) is 0 Å². The molecule has 0 radical (unpaired) electrons. The number of aromatic nitrogens is 2. The monoisotopic (exact) mass is 281 g/mol. The SMILES string of the molecule is CCOC(=O)c1cnn(C(C)C(=O)NC(C)(C)CC)c1. The summed E-state index contributed by atoms with van der Waals surface area (Å²) < 4.78 is 6.35. The molecule has 0 spiro atoms. The van der Waals surface area contributed by atoms with Crippen LogP contribution < -0.4 is 5.32 Å². The van der Waals surface area contributed by atoms with Crippen molar-refractivity contribution in [2.24, 2.45) is 0 Å². The molecular formula is C14H23N3O3. The third kappa shape index (κ3) is 4.08. The first kappa shape index (κ1) is 16.2. The van der Waals surface area contributed by atoms with Crippen LogP contribution in [0.2, 0.25) is 0 Å². The first-order valence-electron chi connectivity index (χ1n) is 6.84. The smallest absolute Gasteiger partial charge is 0.341 e. The molecule has 0 aliphatic rings. The van der Waals surface area contributed by atoms with Gasteiger partial charge in [0, 0.05) is 11.7 Å². The van der Waals surface area contributed by atoms with Crippen LogP contribution in [0.15, 0.2) is 12.4 Å². The van der Waals surface area contributed by atoms with Crippen LogP contribution in [0.4, 0.5) is 0 Å². The van der Waals surface area contributed by atoms with Gasteiger partial charge in [-0.1, -0.05) is 6.92 Å². The van der Waals surface area contributed by atoms with Crippen molar-refractivity contribution in [3.05, 3.63) is 18.0 Å². The van der Waals surface area contributed by atoms with E-state index in [9.17, 15) is 9.59 Å². The highest BCUT2D eigenvalue weighted by Crippen LogP contribution is 2.12. The number of rotatable bonds is 6. The fraction of sp³-hybridized carbons (Fsp3) is 0.643. The summed E-state index contributed by atoms with van der Waals surface area (Å²) in [5, 5.41) is 7.00. The van der Waals surface area contributed by atoms with Crippen molar-refractivity contribution in [3.63, 3.8) is 0 Å². The minimum atomic E-state index is -0.482. The summed E-state index contributed by atoms with van der Waals surface area (Å²) in [4.78, 5) is 23.7. The van der Waals surface area contributed by atoms with Gasteiger partial charge in [-0.15, -0.1) is 0 Å². The summed E-state index contributed by atoms with van der Waals surface area (Å²) in [6, 6.07) is -0.482. The van der Waals surface area contributed by atoms with Crippen molar-refractivity contribution >= 4 is 11.9 Å². The number of nitrogens with one attached hydrogen (secondary N) is 1. The molecule has 20 heavy (non-hydrogen) atoms. The maximum Gasteiger partial charge on any atom is 0.341 e. The van der Waals surface area contributed by atoms with Gasteiger partial charge in [0.1, 0.15) is 6.04 Å². The second-order valence-electron chi connectivity index (χ2n) is 5.33. The summed E-state index contributed by atoms with van der Waals surface area (Å²) >= 11 is 0. The van der Waals surface area contributed by atoms with Crippen molar-refractivity contribution < 1.29 is 14.3 Å². The van der Waals surface area contributed by atoms with E-state index in [1.54, 1.807) is 13.8 Å². The summed E-state index contributed by atoms with van der Waals surface area (Å²) in [6.45, 7) is 9.73. The molecule has 1 aromatic rings. The first-order chi connectivity index (χ1) is 9.30. The van der Waals surface area contributed by atoms with E-state index in [-0.39, 0.29) is 11.4 Å². The van der Waals surface area contributed by atoms with Crippen molar-refractivity contribution in [1.82, 2.24) is 15.1 Å². The van der Waals surface area contributed by atoms with Gasteiger partial charge in [0.05, 0.1) is 18.4 Å². The predicted octanol–water partition coefficient (Wildman–Crippen LogP) is 1.93. The lowest BCUT2D eigenvalue weighted by atomic mass is 10.0. The minimum absolute atomic E-state index is 0.129. The number of hydrogen-bond acceptors (Lipinski definition) is 4. The van der Waals surface area contributed by atoms with E-state index in [4.69, 9.17) is 4.74 Å². The molecule has 1 atom stereocenters. The number of nitrogens with zero attached hydrogens (tertiary/aromatic N) is 2. The van der Waals surface area contributed by atoms with Crippen LogP contribution in [0.5, 0.6) is 0 Å². The molecule has 0 saturated heterocycles. The third-order valence-corrected chi connectivity index (χ3v) is 3.23. The predicted molar refractivity (Wildman–Crippen MR) is 75.4 cm³/mol. The van der Waals surface area contributed by atoms with E-state index < -0.39 is 12.0 Å². The molecule has 1 heterocycles. The van der Waals surface area contributed by atoms with Gasteiger partial charge in [0.25, 0.3) is 0 Å². The van der Waals surface area contributed by atoms with Gasteiger partial charge in [-0.2, -0.15) is 5.10 Å². The van der Waals surface area contributed by atoms with Crippen LogP contribution in [0, 0.1) is 0 Å². The van der Waals surface area contributed by atoms with Gasteiger partial charge in [-0.25, -0.2) is 4.79 Å². The molecule has 6 heteroatoms. The van der Waals surface area contributed by atoms with Crippen molar-refractivity contribution in [3.8, 4) is 0 Å². The fourth-order valence-corrected chi connectivity index (χ4v) is 1.52. The lowest BCUT2D eigenvalue weighted by Gasteiger charge is -2.26. The van der Waals surface area contributed by atoms with Crippen molar-refractivity contribution in [2.45, 2.75) is 52.6 Å². The third-order valence-electron chi connectivity index (χ3n) is 3.23. The summed E-state index contributed by atoms with van der Waals surface area (Å²) in [5.74, 6) is -0.560. The number of amides is 1. The second kappa shape index (κ2) is 6.54. The highest BCUT2D eigenvalue weighted by molar-refractivity contribution is 5.89. The summed E-state index contributed by atoms with van der Waals surface area (Å²) in [6.07, 6.45) is 3.77. The Morgan fingerprint density at radius 1 is 1.45 bits per heavy atom. The summed E-state index contributed by atoms with van der Waals surface area (Å²) in [5.41, 5.74) is 0.0869. The quantitative estimate of drug-likeness (QED) is 0.809. The molecule has 1 aromatic heterocycles. The summed E-state index contributed by atoms with van der Waals surface area (Å²) in [7, 11) is 0. The number of ether oxygens (including phenoxy) is 1. The number of carbonyl (C=O) groups is 2. The molecule has 1 rings (SSSR count). The number of carbonyl (C=O) groups excluding carboxylic acids is 2. The molecule has 1 N–H and O–H groups in total. The maximum atomic E-state index is 12.1. The zero-order chi connectivity index (χ0) is 15.3. The molecule has 0 fully saturated rings. The Labute approximate surface area is 119 Å². The van der Waals surface area contributed by atoms with E-state index in [2.05, 4.69) is 10.4 Å². The molecular weight excluding hydrogens is 258 g/mol. The lowest BCUT2D eigenvalue weighted by molar-refractivity contribution is -0.125. The van der Waals surface area contributed by atoms with Crippen LogP contribution in [0.1, 0.15) is 57.4 Å². The van der Waals surface area contributed by atoms with Crippen molar-refractivity contribution in [2.75, 3.05) is 6.61 Å². The molecule has 112 valence electrons. The number of hydrogen-bond donors (Lipinski definition) is 1. The zero-order valence-electron chi connectivity index (χ0n) is 12.8. The van der Waals surface area contributed by atoms with Gasteiger partial charge >= 0.3 is 5.97 Å². The van der Waals surface area contributed by atoms with Gasteiger partial charge in [0.2, 0.25) is 5.91 Å². The second-order valence-corrected chi connectivity index (χ2v) is 5.33. The Morgan fingerprint density at radius 3 is 2.65 bits per heavy atom. The average molecular weight is 281 g/mol. The van der Waals surface area contributed by atoms with Gasteiger partial charge < -0.3 is 10.1 Å². The number of esters is 1. The van der Waals surface area contributed by atoms with Gasteiger partial charge in [-0.3, -0.25) is 9.48 Å². The highest BCUT2D eigenvalue weighted by atomic mass is 16.5.